The van der Waals surface area contributed by atoms with Gasteiger partial charge in [0, 0.05) is 52.2 Å². The Morgan fingerprint density at radius 3 is 2.88 bits per heavy atom. The van der Waals surface area contributed by atoms with Crippen molar-refractivity contribution in [3.8, 4) is 0 Å². The maximum atomic E-state index is 6.11. The van der Waals surface area contributed by atoms with Crippen LogP contribution in [0.3, 0.4) is 0 Å². The molecular formula is C20H29N5O. The zero-order valence-corrected chi connectivity index (χ0v) is 16.0. The molecule has 1 fully saturated rings. The number of ether oxygens (including phenoxy) is 1. The molecule has 0 radical (unpaired) electrons. The molecule has 0 amide bonds. The Kier molecular flexibility index (Phi) is 4.98. The summed E-state index contributed by atoms with van der Waals surface area (Å²) in [5.74, 6) is 0. The van der Waals surface area contributed by atoms with E-state index in [1.54, 1.807) is 0 Å². The molecule has 1 aromatic carbocycles. The van der Waals surface area contributed by atoms with Gasteiger partial charge in [0.25, 0.3) is 0 Å². The number of hydrogen-bond acceptors (Lipinski definition) is 5. The molecule has 0 bridgehead atoms. The Balaban J connectivity index is 1.39. The van der Waals surface area contributed by atoms with Gasteiger partial charge in [0.2, 0.25) is 0 Å². The molecule has 6 heteroatoms. The summed E-state index contributed by atoms with van der Waals surface area (Å²) in [6.45, 7) is 4.56. The van der Waals surface area contributed by atoms with Crippen LogP contribution in [0, 0.1) is 0 Å². The number of benzene rings is 1. The first-order valence-corrected chi connectivity index (χ1v) is 9.47. The number of aryl methyl sites for hydroxylation is 1. The first-order chi connectivity index (χ1) is 12.6. The van der Waals surface area contributed by atoms with Gasteiger partial charge < -0.3 is 15.0 Å². The van der Waals surface area contributed by atoms with Gasteiger partial charge in [0.15, 0.2) is 0 Å². The fourth-order valence-corrected chi connectivity index (χ4v) is 4.21. The third-order valence-corrected chi connectivity index (χ3v) is 5.71. The molecule has 2 atom stereocenters. The van der Waals surface area contributed by atoms with Gasteiger partial charge in [-0.2, -0.15) is 5.10 Å². The summed E-state index contributed by atoms with van der Waals surface area (Å²) in [6.07, 6.45) is 3.15. The van der Waals surface area contributed by atoms with Crippen LogP contribution in [-0.4, -0.2) is 61.1 Å². The third kappa shape index (κ3) is 3.37. The number of nitrogens with one attached hydrogen (secondary N) is 1. The second-order valence-corrected chi connectivity index (χ2v) is 7.48. The molecule has 3 heterocycles. The van der Waals surface area contributed by atoms with Crippen molar-refractivity contribution in [1.82, 2.24) is 20.0 Å². The summed E-state index contributed by atoms with van der Waals surface area (Å²) in [6, 6.07) is 9.17. The second-order valence-electron chi connectivity index (χ2n) is 7.48. The van der Waals surface area contributed by atoms with Crippen molar-refractivity contribution in [1.29, 1.82) is 0 Å². The zero-order chi connectivity index (χ0) is 18.1. The Hall–Kier alpha value is -1.89. The number of aromatic nitrogens is 2. The number of rotatable bonds is 5. The van der Waals surface area contributed by atoms with E-state index in [0.717, 1.165) is 39.2 Å². The third-order valence-electron chi connectivity index (χ3n) is 5.71. The molecule has 2 aromatic rings. The lowest BCUT2D eigenvalue weighted by Gasteiger charge is -2.39. The Morgan fingerprint density at radius 2 is 2.08 bits per heavy atom. The largest absolute Gasteiger partial charge is 0.374 e. The van der Waals surface area contributed by atoms with E-state index in [1.165, 1.54) is 22.5 Å². The molecule has 140 valence electrons. The summed E-state index contributed by atoms with van der Waals surface area (Å²) in [7, 11) is 6.34. The summed E-state index contributed by atoms with van der Waals surface area (Å²) in [5, 5.41) is 7.95. The fraction of sp³-hybridized carbons (Fsp3) is 0.550. The minimum atomic E-state index is 0.129. The molecule has 0 unspecified atom stereocenters. The van der Waals surface area contributed by atoms with Gasteiger partial charge in [-0.3, -0.25) is 9.58 Å². The van der Waals surface area contributed by atoms with E-state index in [1.807, 2.05) is 17.9 Å². The van der Waals surface area contributed by atoms with Crippen LogP contribution in [0.1, 0.15) is 22.9 Å². The first kappa shape index (κ1) is 17.5. The average molecular weight is 355 g/mol. The minimum absolute atomic E-state index is 0.129. The number of anilines is 1. The van der Waals surface area contributed by atoms with E-state index >= 15 is 0 Å². The summed E-state index contributed by atoms with van der Waals surface area (Å²) >= 11 is 0. The lowest BCUT2D eigenvalue weighted by Crippen LogP contribution is -2.48. The van der Waals surface area contributed by atoms with Crippen LogP contribution in [0.4, 0.5) is 5.69 Å². The second kappa shape index (κ2) is 7.39. The van der Waals surface area contributed by atoms with Crippen LogP contribution < -0.4 is 10.2 Å². The molecule has 0 spiro atoms. The van der Waals surface area contributed by atoms with Gasteiger partial charge in [-0.05, 0) is 36.7 Å². The van der Waals surface area contributed by atoms with Crippen molar-refractivity contribution >= 4 is 5.69 Å². The van der Waals surface area contributed by atoms with E-state index in [0.29, 0.717) is 0 Å². The average Bonchev–Trinajstić information content (AvgIpc) is 3.21. The molecule has 0 aliphatic carbocycles. The van der Waals surface area contributed by atoms with E-state index in [-0.39, 0.29) is 12.1 Å². The Bertz CT molecular complexity index is 758. The van der Waals surface area contributed by atoms with Crippen LogP contribution >= 0.6 is 0 Å². The topological polar surface area (TPSA) is 45.6 Å². The van der Waals surface area contributed by atoms with Crippen molar-refractivity contribution in [2.45, 2.75) is 25.1 Å². The lowest BCUT2D eigenvalue weighted by molar-refractivity contribution is -0.0638. The van der Waals surface area contributed by atoms with Crippen LogP contribution in [0.25, 0.3) is 0 Å². The van der Waals surface area contributed by atoms with E-state index in [4.69, 9.17) is 4.74 Å². The molecule has 26 heavy (non-hydrogen) atoms. The SMILES string of the molecule is CN1CCc2cc(CNC[C@@H]3OCCN(C)[C@H]3c3ccnn3C)ccc21. The maximum absolute atomic E-state index is 6.11. The quantitative estimate of drug-likeness (QED) is 0.882. The number of hydrogen-bond donors (Lipinski definition) is 1. The van der Waals surface area contributed by atoms with Crippen LogP contribution in [-0.2, 0) is 24.8 Å². The molecule has 2 aliphatic rings. The van der Waals surface area contributed by atoms with Crippen molar-refractivity contribution < 1.29 is 4.74 Å². The molecule has 0 saturated carbocycles. The highest BCUT2D eigenvalue weighted by Gasteiger charge is 2.33. The standard InChI is InChI=1S/C20H29N5O/c1-23-9-7-16-12-15(4-5-17(16)23)13-21-14-19-20(24(2)10-11-26-19)18-6-8-22-25(18)3/h4-6,8,12,19-21H,7,9-11,13-14H2,1-3H3/t19-,20-/m0/s1. The summed E-state index contributed by atoms with van der Waals surface area (Å²) in [5.41, 5.74) is 5.40. The van der Waals surface area contributed by atoms with Crippen molar-refractivity contribution in [3.05, 3.63) is 47.3 Å². The predicted octanol–water partition coefficient (Wildman–Crippen LogP) is 1.57. The van der Waals surface area contributed by atoms with Crippen molar-refractivity contribution in [2.24, 2.45) is 7.05 Å². The number of likely N-dealkylation sites (N-methyl/N-ethyl adjacent to an activating group) is 2. The van der Waals surface area contributed by atoms with Gasteiger partial charge in [0.1, 0.15) is 0 Å². The van der Waals surface area contributed by atoms with Crippen molar-refractivity contribution in [2.75, 3.05) is 45.2 Å². The molecule has 1 aromatic heterocycles. The van der Waals surface area contributed by atoms with Gasteiger partial charge in [-0.25, -0.2) is 0 Å². The zero-order valence-electron chi connectivity index (χ0n) is 16.0. The highest BCUT2D eigenvalue weighted by molar-refractivity contribution is 5.58. The summed E-state index contributed by atoms with van der Waals surface area (Å²) < 4.78 is 8.07. The monoisotopic (exact) mass is 355 g/mol. The van der Waals surface area contributed by atoms with Crippen LogP contribution in [0.5, 0.6) is 0 Å². The lowest BCUT2D eigenvalue weighted by atomic mass is 10.0. The van der Waals surface area contributed by atoms with E-state index in [2.05, 4.69) is 58.6 Å². The van der Waals surface area contributed by atoms with E-state index < -0.39 is 0 Å². The van der Waals surface area contributed by atoms with Crippen LogP contribution in [0.2, 0.25) is 0 Å². The normalized spacial score (nSPS) is 23.4. The van der Waals surface area contributed by atoms with Gasteiger partial charge in [-0.1, -0.05) is 12.1 Å². The number of morpholine rings is 1. The molecule has 4 rings (SSSR count). The summed E-state index contributed by atoms with van der Waals surface area (Å²) in [4.78, 5) is 4.70. The minimum Gasteiger partial charge on any atom is -0.374 e. The number of fused-ring (bicyclic) bond motifs is 1. The van der Waals surface area contributed by atoms with Gasteiger partial charge in [0.05, 0.1) is 24.4 Å². The van der Waals surface area contributed by atoms with Gasteiger partial charge >= 0.3 is 0 Å². The molecule has 6 nitrogen and oxygen atoms in total. The Morgan fingerprint density at radius 1 is 1.19 bits per heavy atom. The predicted molar refractivity (Wildman–Crippen MR) is 103 cm³/mol. The fourth-order valence-electron chi connectivity index (χ4n) is 4.21. The molecule has 2 aliphatic heterocycles. The highest BCUT2D eigenvalue weighted by Crippen LogP contribution is 2.29. The Labute approximate surface area is 155 Å². The number of nitrogens with zero attached hydrogens (tertiary/aromatic N) is 4. The smallest absolute Gasteiger partial charge is 0.0911 e. The van der Waals surface area contributed by atoms with Crippen molar-refractivity contribution in [3.63, 3.8) is 0 Å². The highest BCUT2D eigenvalue weighted by atomic mass is 16.5. The van der Waals surface area contributed by atoms with E-state index in [9.17, 15) is 0 Å². The molecule has 1 N–H and O–H groups in total. The maximum Gasteiger partial charge on any atom is 0.0911 e. The molecule has 1 saturated heterocycles. The van der Waals surface area contributed by atoms with Gasteiger partial charge in [-0.15, -0.1) is 0 Å². The van der Waals surface area contributed by atoms with Crippen LogP contribution in [0.15, 0.2) is 30.5 Å². The first-order valence-electron chi connectivity index (χ1n) is 9.47. The molecular weight excluding hydrogens is 326 g/mol.